The molecule has 3 nitrogen and oxygen atoms in total. The monoisotopic (exact) mass is 389 g/mol. The second-order valence-electron chi connectivity index (χ2n) is 8.37. The zero-order chi connectivity index (χ0) is 20.3. The first-order valence-corrected chi connectivity index (χ1v) is 10.9. The number of para-hydroxylation sites is 1. The number of hydrogen-bond acceptors (Lipinski definition) is 3. The zero-order valence-corrected chi connectivity index (χ0v) is 17.5. The molecule has 3 heteroatoms. The van der Waals surface area contributed by atoms with E-state index in [1.54, 1.807) is 0 Å². The van der Waals surface area contributed by atoms with Gasteiger partial charge in [0, 0.05) is 10.8 Å². The van der Waals surface area contributed by atoms with E-state index >= 15 is 0 Å². The van der Waals surface area contributed by atoms with Crippen LogP contribution in [0.25, 0.3) is 10.9 Å². The Hall–Kier alpha value is -2.39. The van der Waals surface area contributed by atoms with Crippen LogP contribution in [0.5, 0.6) is 5.75 Å². The lowest BCUT2D eigenvalue weighted by Crippen LogP contribution is -2.34. The summed E-state index contributed by atoms with van der Waals surface area (Å²) >= 11 is 0. The highest BCUT2D eigenvalue weighted by Crippen LogP contribution is 2.51. The predicted octanol–water partition coefficient (Wildman–Crippen LogP) is 6.38. The summed E-state index contributed by atoms with van der Waals surface area (Å²) in [6.45, 7) is 4.87. The lowest BCUT2D eigenvalue weighted by Gasteiger charge is -2.43. The van der Waals surface area contributed by atoms with Gasteiger partial charge in [-0.3, -0.25) is 0 Å². The fourth-order valence-corrected chi connectivity index (χ4v) is 5.07. The molecular weight excluding hydrogens is 358 g/mol. The molecule has 0 fully saturated rings. The van der Waals surface area contributed by atoms with E-state index in [1.165, 1.54) is 5.56 Å². The van der Waals surface area contributed by atoms with Crippen LogP contribution in [0.1, 0.15) is 68.9 Å². The second kappa shape index (κ2) is 8.54. The standard InChI is InChI=1S/C26H31NO2/c1-3-15-26(16-4-2)17-14-21-22(25(26)28)9-7-11-24(21)29-18-20-13-12-19-8-5-6-10-23(19)27-20/h5-13,25,28H,3-4,14-18H2,1-2H3. The van der Waals surface area contributed by atoms with Crippen LogP contribution in [0.3, 0.4) is 0 Å². The van der Waals surface area contributed by atoms with Gasteiger partial charge in [0.2, 0.25) is 0 Å². The van der Waals surface area contributed by atoms with E-state index in [0.717, 1.165) is 66.4 Å². The van der Waals surface area contributed by atoms with Gasteiger partial charge in [-0.1, -0.05) is 63.1 Å². The number of fused-ring (bicyclic) bond motifs is 2. The van der Waals surface area contributed by atoms with Crippen LogP contribution in [0.4, 0.5) is 0 Å². The van der Waals surface area contributed by atoms with Crippen molar-refractivity contribution in [3.8, 4) is 5.75 Å². The van der Waals surface area contributed by atoms with Crippen LogP contribution in [-0.2, 0) is 13.0 Å². The molecule has 0 spiro atoms. The predicted molar refractivity (Wildman–Crippen MR) is 118 cm³/mol. The minimum absolute atomic E-state index is 0.00895. The second-order valence-corrected chi connectivity index (χ2v) is 8.37. The van der Waals surface area contributed by atoms with Crippen LogP contribution in [0.2, 0.25) is 0 Å². The molecule has 1 atom stereocenters. The van der Waals surface area contributed by atoms with Crippen molar-refractivity contribution in [2.75, 3.05) is 0 Å². The molecule has 3 aromatic rings. The molecule has 0 aliphatic heterocycles. The Balaban J connectivity index is 1.56. The van der Waals surface area contributed by atoms with Gasteiger partial charge in [0.1, 0.15) is 12.4 Å². The summed E-state index contributed by atoms with van der Waals surface area (Å²) in [5.41, 5.74) is 4.15. The fourth-order valence-electron chi connectivity index (χ4n) is 5.07. The third-order valence-corrected chi connectivity index (χ3v) is 6.44. The van der Waals surface area contributed by atoms with Crippen LogP contribution < -0.4 is 4.74 Å². The molecule has 0 amide bonds. The Bertz CT molecular complexity index is 975. The molecule has 1 aliphatic carbocycles. The summed E-state index contributed by atoms with van der Waals surface area (Å²) in [7, 11) is 0. The van der Waals surface area contributed by atoms with Crippen molar-refractivity contribution in [1.29, 1.82) is 0 Å². The molecule has 0 saturated heterocycles. The Labute approximate surface area is 173 Å². The van der Waals surface area contributed by atoms with Crippen molar-refractivity contribution in [3.63, 3.8) is 0 Å². The molecule has 152 valence electrons. The SMILES string of the molecule is CCCC1(CCC)CCc2c(OCc3ccc4ccccc4n3)cccc2C1O. The van der Waals surface area contributed by atoms with Crippen molar-refractivity contribution >= 4 is 10.9 Å². The van der Waals surface area contributed by atoms with E-state index in [2.05, 4.69) is 32.0 Å². The van der Waals surface area contributed by atoms with Gasteiger partial charge >= 0.3 is 0 Å². The number of pyridine rings is 1. The number of benzene rings is 2. The largest absolute Gasteiger partial charge is 0.487 e. The summed E-state index contributed by atoms with van der Waals surface area (Å²) in [6, 6.07) is 18.4. The maximum atomic E-state index is 11.3. The van der Waals surface area contributed by atoms with Crippen molar-refractivity contribution in [1.82, 2.24) is 4.98 Å². The van der Waals surface area contributed by atoms with E-state index in [-0.39, 0.29) is 5.41 Å². The molecule has 2 aromatic carbocycles. The van der Waals surface area contributed by atoms with Crippen molar-refractivity contribution in [2.24, 2.45) is 5.41 Å². The molecule has 1 aromatic heterocycles. The molecule has 29 heavy (non-hydrogen) atoms. The maximum absolute atomic E-state index is 11.3. The van der Waals surface area contributed by atoms with E-state index in [1.807, 2.05) is 36.4 Å². The zero-order valence-electron chi connectivity index (χ0n) is 17.5. The van der Waals surface area contributed by atoms with E-state index in [9.17, 15) is 5.11 Å². The summed E-state index contributed by atoms with van der Waals surface area (Å²) < 4.78 is 6.20. The Morgan fingerprint density at radius 3 is 2.59 bits per heavy atom. The molecule has 1 aliphatic rings. The van der Waals surface area contributed by atoms with Crippen LogP contribution in [0.15, 0.2) is 54.6 Å². The lowest BCUT2D eigenvalue weighted by atomic mass is 9.64. The molecule has 1 heterocycles. The van der Waals surface area contributed by atoms with Gasteiger partial charge in [-0.25, -0.2) is 4.98 Å². The van der Waals surface area contributed by atoms with Crippen LogP contribution >= 0.6 is 0 Å². The highest BCUT2D eigenvalue weighted by molar-refractivity contribution is 5.78. The Kier molecular flexibility index (Phi) is 5.86. The van der Waals surface area contributed by atoms with Gasteiger partial charge in [0.05, 0.1) is 17.3 Å². The van der Waals surface area contributed by atoms with Crippen LogP contribution in [0, 0.1) is 5.41 Å². The Morgan fingerprint density at radius 1 is 1.00 bits per heavy atom. The first kappa shape index (κ1) is 19.9. The third kappa shape index (κ3) is 3.89. The summed E-state index contributed by atoms with van der Waals surface area (Å²) in [6.07, 6.45) is 5.95. The summed E-state index contributed by atoms with van der Waals surface area (Å²) in [4.78, 5) is 4.71. The maximum Gasteiger partial charge on any atom is 0.130 e. The minimum Gasteiger partial charge on any atom is -0.487 e. The van der Waals surface area contributed by atoms with Gasteiger partial charge in [-0.2, -0.15) is 0 Å². The fraction of sp³-hybridized carbons (Fsp3) is 0.423. The van der Waals surface area contributed by atoms with Gasteiger partial charge < -0.3 is 9.84 Å². The number of ether oxygens (including phenoxy) is 1. The van der Waals surface area contributed by atoms with Gasteiger partial charge in [-0.15, -0.1) is 0 Å². The number of hydrogen-bond donors (Lipinski definition) is 1. The summed E-state index contributed by atoms with van der Waals surface area (Å²) in [5.74, 6) is 0.887. The third-order valence-electron chi connectivity index (χ3n) is 6.44. The molecule has 0 bridgehead atoms. The minimum atomic E-state index is -0.409. The molecule has 1 N–H and O–H groups in total. The average molecular weight is 390 g/mol. The highest BCUT2D eigenvalue weighted by Gasteiger charge is 2.41. The topological polar surface area (TPSA) is 42.4 Å². The average Bonchev–Trinajstić information content (AvgIpc) is 2.75. The first-order chi connectivity index (χ1) is 14.2. The van der Waals surface area contributed by atoms with Gasteiger partial charge in [-0.05, 0) is 55.0 Å². The van der Waals surface area contributed by atoms with Crippen molar-refractivity contribution in [2.45, 2.75) is 65.1 Å². The van der Waals surface area contributed by atoms with Crippen LogP contribution in [-0.4, -0.2) is 10.1 Å². The number of aliphatic hydroxyl groups excluding tert-OH is 1. The highest BCUT2D eigenvalue weighted by atomic mass is 16.5. The van der Waals surface area contributed by atoms with Crippen molar-refractivity contribution in [3.05, 3.63) is 71.4 Å². The number of rotatable bonds is 7. The molecule has 0 radical (unpaired) electrons. The van der Waals surface area contributed by atoms with Gasteiger partial charge in [0.15, 0.2) is 0 Å². The molecule has 4 rings (SSSR count). The van der Waals surface area contributed by atoms with E-state index < -0.39 is 6.10 Å². The quantitative estimate of drug-likeness (QED) is 0.510. The molecule has 0 saturated carbocycles. The lowest BCUT2D eigenvalue weighted by molar-refractivity contribution is -0.00840. The Morgan fingerprint density at radius 2 is 1.79 bits per heavy atom. The molecule has 1 unspecified atom stereocenters. The normalized spacial score (nSPS) is 17.8. The van der Waals surface area contributed by atoms with E-state index in [0.29, 0.717) is 6.61 Å². The van der Waals surface area contributed by atoms with Crippen molar-refractivity contribution < 1.29 is 9.84 Å². The smallest absolute Gasteiger partial charge is 0.130 e. The van der Waals surface area contributed by atoms with Gasteiger partial charge in [0.25, 0.3) is 0 Å². The first-order valence-electron chi connectivity index (χ1n) is 10.9. The number of nitrogens with zero attached hydrogens (tertiary/aromatic N) is 1. The number of aromatic nitrogens is 1. The molecular formula is C26H31NO2. The number of aliphatic hydroxyl groups is 1. The van der Waals surface area contributed by atoms with E-state index in [4.69, 9.17) is 9.72 Å². The summed E-state index contributed by atoms with van der Waals surface area (Å²) in [5, 5.41) is 12.4.